The smallest absolute Gasteiger partial charge is 0.417 e. The van der Waals surface area contributed by atoms with Gasteiger partial charge in [-0.05, 0) is 24.3 Å². The summed E-state index contributed by atoms with van der Waals surface area (Å²) in [6.07, 6.45) is -0.571. The highest BCUT2D eigenvalue weighted by Gasteiger charge is 2.07. The summed E-state index contributed by atoms with van der Waals surface area (Å²) < 4.78 is 10.2. The van der Waals surface area contributed by atoms with Crippen LogP contribution in [-0.2, 0) is 0 Å². The second-order valence-electron chi connectivity index (χ2n) is 3.78. The van der Waals surface area contributed by atoms with E-state index in [1.807, 2.05) is 18.2 Å². The number of para-hydroxylation sites is 1. The van der Waals surface area contributed by atoms with Crippen LogP contribution < -0.4 is 20.5 Å². The molecule has 0 spiro atoms. The van der Waals surface area contributed by atoms with Crippen molar-refractivity contribution >= 4 is 17.5 Å². The molecule has 1 amide bonds. The van der Waals surface area contributed by atoms with E-state index < -0.39 is 6.09 Å². The SMILES string of the molecule is COc1cc(OC(=O)Nc2ccccc2)ccc1N. The van der Waals surface area contributed by atoms with Crippen molar-refractivity contribution in [3.63, 3.8) is 0 Å². The number of methoxy groups -OCH3 is 1. The molecular formula is C14H14N2O3. The first-order chi connectivity index (χ1) is 9.19. The van der Waals surface area contributed by atoms with Crippen LogP contribution in [0.1, 0.15) is 0 Å². The van der Waals surface area contributed by atoms with Gasteiger partial charge in [-0.2, -0.15) is 0 Å². The lowest BCUT2D eigenvalue weighted by molar-refractivity contribution is 0.215. The molecule has 5 nitrogen and oxygen atoms in total. The molecule has 0 aliphatic carbocycles. The maximum absolute atomic E-state index is 11.7. The third-order valence-corrected chi connectivity index (χ3v) is 2.44. The summed E-state index contributed by atoms with van der Waals surface area (Å²) in [7, 11) is 1.50. The van der Waals surface area contributed by atoms with Gasteiger partial charge < -0.3 is 15.2 Å². The van der Waals surface area contributed by atoms with Gasteiger partial charge in [0, 0.05) is 11.8 Å². The number of carbonyl (C=O) groups is 1. The highest BCUT2D eigenvalue weighted by Crippen LogP contribution is 2.26. The molecule has 0 saturated heterocycles. The fraction of sp³-hybridized carbons (Fsp3) is 0.0714. The van der Waals surface area contributed by atoms with E-state index in [4.69, 9.17) is 15.2 Å². The van der Waals surface area contributed by atoms with Gasteiger partial charge in [0.1, 0.15) is 11.5 Å². The van der Waals surface area contributed by atoms with Gasteiger partial charge >= 0.3 is 6.09 Å². The first-order valence-electron chi connectivity index (χ1n) is 5.66. The Balaban J connectivity index is 2.03. The molecule has 0 heterocycles. The second kappa shape index (κ2) is 5.77. The lowest BCUT2D eigenvalue weighted by atomic mass is 10.3. The molecule has 0 bridgehead atoms. The molecule has 0 radical (unpaired) electrons. The van der Waals surface area contributed by atoms with Crippen molar-refractivity contribution in [3.8, 4) is 11.5 Å². The monoisotopic (exact) mass is 258 g/mol. The topological polar surface area (TPSA) is 73.6 Å². The lowest BCUT2D eigenvalue weighted by Crippen LogP contribution is -2.16. The molecule has 0 aliphatic rings. The van der Waals surface area contributed by atoms with Crippen LogP contribution >= 0.6 is 0 Å². The third kappa shape index (κ3) is 3.38. The third-order valence-electron chi connectivity index (χ3n) is 2.44. The first kappa shape index (κ1) is 12.8. The average molecular weight is 258 g/mol. The molecule has 0 unspecified atom stereocenters. The molecule has 0 aliphatic heterocycles. The van der Waals surface area contributed by atoms with Gasteiger partial charge in [-0.1, -0.05) is 18.2 Å². The minimum Gasteiger partial charge on any atom is -0.494 e. The first-order valence-corrected chi connectivity index (χ1v) is 5.66. The van der Waals surface area contributed by atoms with Gasteiger partial charge in [0.25, 0.3) is 0 Å². The van der Waals surface area contributed by atoms with Crippen molar-refractivity contribution in [3.05, 3.63) is 48.5 Å². The van der Waals surface area contributed by atoms with Gasteiger partial charge in [-0.3, -0.25) is 5.32 Å². The molecule has 2 rings (SSSR count). The zero-order valence-electron chi connectivity index (χ0n) is 10.4. The van der Waals surface area contributed by atoms with E-state index in [0.717, 1.165) is 0 Å². The Hall–Kier alpha value is -2.69. The van der Waals surface area contributed by atoms with Crippen LogP contribution in [0.2, 0.25) is 0 Å². The molecular weight excluding hydrogens is 244 g/mol. The van der Waals surface area contributed by atoms with Crippen LogP contribution in [0.4, 0.5) is 16.2 Å². The molecule has 0 fully saturated rings. The fourth-order valence-electron chi connectivity index (χ4n) is 1.53. The van der Waals surface area contributed by atoms with E-state index in [9.17, 15) is 4.79 Å². The number of benzene rings is 2. The zero-order chi connectivity index (χ0) is 13.7. The van der Waals surface area contributed by atoms with Crippen molar-refractivity contribution in [1.29, 1.82) is 0 Å². The Morgan fingerprint density at radius 2 is 1.89 bits per heavy atom. The molecule has 0 saturated carbocycles. The van der Waals surface area contributed by atoms with Crippen molar-refractivity contribution in [2.45, 2.75) is 0 Å². The Morgan fingerprint density at radius 1 is 1.16 bits per heavy atom. The predicted molar refractivity (Wildman–Crippen MR) is 73.5 cm³/mol. The van der Waals surface area contributed by atoms with Gasteiger partial charge in [-0.25, -0.2) is 4.79 Å². The van der Waals surface area contributed by atoms with Crippen LogP contribution in [0.25, 0.3) is 0 Å². The molecule has 0 aromatic heterocycles. The Kier molecular flexibility index (Phi) is 3.87. The number of rotatable bonds is 3. The van der Waals surface area contributed by atoms with Gasteiger partial charge in [0.2, 0.25) is 0 Å². The molecule has 3 N–H and O–H groups in total. The molecule has 98 valence electrons. The van der Waals surface area contributed by atoms with Crippen molar-refractivity contribution < 1.29 is 14.3 Å². The normalized spacial score (nSPS) is 9.74. The lowest BCUT2D eigenvalue weighted by Gasteiger charge is -2.09. The molecule has 0 atom stereocenters. The van der Waals surface area contributed by atoms with E-state index in [-0.39, 0.29) is 0 Å². The standard InChI is InChI=1S/C14H14N2O3/c1-18-13-9-11(7-8-12(13)15)19-14(17)16-10-5-3-2-4-6-10/h2-9H,15H2,1H3,(H,16,17). The molecule has 2 aromatic carbocycles. The van der Waals surface area contributed by atoms with E-state index >= 15 is 0 Å². The summed E-state index contributed by atoms with van der Waals surface area (Å²) in [6, 6.07) is 13.8. The minimum atomic E-state index is -0.571. The van der Waals surface area contributed by atoms with Crippen molar-refractivity contribution in [2.24, 2.45) is 0 Å². The van der Waals surface area contributed by atoms with E-state index in [0.29, 0.717) is 22.9 Å². The second-order valence-corrected chi connectivity index (χ2v) is 3.78. The van der Waals surface area contributed by atoms with Gasteiger partial charge in [0.05, 0.1) is 12.8 Å². The molecule has 5 heteroatoms. The van der Waals surface area contributed by atoms with Crippen molar-refractivity contribution in [1.82, 2.24) is 0 Å². The number of anilines is 2. The Morgan fingerprint density at radius 3 is 2.58 bits per heavy atom. The molecule has 19 heavy (non-hydrogen) atoms. The highest BCUT2D eigenvalue weighted by molar-refractivity contribution is 5.86. The summed E-state index contributed by atoms with van der Waals surface area (Å²) in [5.41, 5.74) is 6.82. The maximum atomic E-state index is 11.7. The Labute approximate surface area is 110 Å². The van der Waals surface area contributed by atoms with Crippen molar-refractivity contribution in [2.75, 3.05) is 18.2 Å². The number of amides is 1. The number of hydrogen-bond donors (Lipinski definition) is 2. The molecule has 2 aromatic rings. The van der Waals surface area contributed by atoms with Crippen LogP contribution in [0.5, 0.6) is 11.5 Å². The number of nitrogens with one attached hydrogen (secondary N) is 1. The summed E-state index contributed by atoms with van der Waals surface area (Å²) in [6.45, 7) is 0. The summed E-state index contributed by atoms with van der Waals surface area (Å²) in [5, 5.41) is 2.61. The highest BCUT2D eigenvalue weighted by atomic mass is 16.6. The summed E-state index contributed by atoms with van der Waals surface area (Å²) in [5.74, 6) is 0.824. The number of nitrogens with two attached hydrogens (primary N) is 1. The number of carbonyl (C=O) groups excluding carboxylic acids is 1. The zero-order valence-corrected chi connectivity index (χ0v) is 10.4. The van der Waals surface area contributed by atoms with Crippen LogP contribution in [0.15, 0.2) is 48.5 Å². The quantitative estimate of drug-likeness (QED) is 0.830. The minimum absolute atomic E-state index is 0.361. The van der Waals surface area contributed by atoms with Gasteiger partial charge in [0.15, 0.2) is 0 Å². The van der Waals surface area contributed by atoms with E-state index in [1.165, 1.54) is 7.11 Å². The van der Waals surface area contributed by atoms with Gasteiger partial charge in [-0.15, -0.1) is 0 Å². The van der Waals surface area contributed by atoms with Crippen LogP contribution in [0, 0.1) is 0 Å². The number of hydrogen-bond acceptors (Lipinski definition) is 4. The number of nitrogen functional groups attached to an aromatic ring is 1. The predicted octanol–water partition coefficient (Wildman–Crippen LogP) is 2.89. The largest absolute Gasteiger partial charge is 0.494 e. The fourth-order valence-corrected chi connectivity index (χ4v) is 1.53. The van der Waals surface area contributed by atoms with E-state index in [1.54, 1.807) is 30.3 Å². The maximum Gasteiger partial charge on any atom is 0.417 e. The van der Waals surface area contributed by atoms with E-state index in [2.05, 4.69) is 5.32 Å². The summed E-state index contributed by atoms with van der Waals surface area (Å²) >= 11 is 0. The van der Waals surface area contributed by atoms with Crippen LogP contribution in [0.3, 0.4) is 0 Å². The Bertz CT molecular complexity index is 570. The van der Waals surface area contributed by atoms with Crippen LogP contribution in [-0.4, -0.2) is 13.2 Å². The summed E-state index contributed by atoms with van der Waals surface area (Å²) in [4.78, 5) is 11.7. The average Bonchev–Trinajstić information content (AvgIpc) is 2.42. The number of ether oxygens (including phenoxy) is 2.